The Balaban J connectivity index is 0.00000131. The zero-order chi connectivity index (χ0) is 28.5. The lowest BCUT2D eigenvalue weighted by atomic mass is 10.1. The Hall–Kier alpha value is -2.08. The Morgan fingerprint density at radius 2 is 1.50 bits per heavy atom. The quantitative estimate of drug-likeness (QED) is 0.218. The predicted octanol–water partition coefficient (Wildman–Crippen LogP) is 3.48. The Labute approximate surface area is 233 Å². The number of hydrogen-bond donors (Lipinski definition) is 4. The number of aromatic amines is 1. The minimum absolute atomic E-state index is 0.0303. The zero-order valence-electron chi connectivity index (χ0n) is 23.8. The van der Waals surface area contributed by atoms with Crippen LogP contribution in [0.2, 0.25) is 0 Å². The molecule has 6 N–H and O–H groups in total. The third-order valence-electron chi connectivity index (χ3n) is 4.86. The van der Waals surface area contributed by atoms with E-state index in [9.17, 15) is 4.79 Å². The summed E-state index contributed by atoms with van der Waals surface area (Å²) in [4.78, 5) is 15.2. The number of rotatable bonds is 17. The number of hydrogen-bond acceptors (Lipinski definition) is 8. The molecule has 0 aliphatic heterocycles. The number of nitrogens with two attached hydrogens (primary N) is 2. The lowest BCUT2D eigenvalue weighted by Crippen LogP contribution is -2.27. The molecule has 0 atom stereocenters. The lowest BCUT2D eigenvalue weighted by Gasteiger charge is -2.12. The maximum atomic E-state index is 12.0. The first-order chi connectivity index (χ1) is 18.3. The topological polar surface area (TPSA) is 134 Å². The van der Waals surface area contributed by atoms with Gasteiger partial charge in [0.25, 0.3) is 0 Å². The summed E-state index contributed by atoms with van der Waals surface area (Å²) in [7, 11) is 0. The van der Waals surface area contributed by atoms with Crippen molar-refractivity contribution in [3.63, 3.8) is 0 Å². The van der Waals surface area contributed by atoms with E-state index in [-0.39, 0.29) is 5.91 Å². The molecule has 0 saturated heterocycles. The van der Waals surface area contributed by atoms with Crippen LogP contribution in [0.25, 0.3) is 10.9 Å². The monoisotopic (exact) mass is 554 g/mol. The summed E-state index contributed by atoms with van der Waals surface area (Å²) in [5.41, 5.74) is 12.2. The number of amides is 1. The van der Waals surface area contributed by atoms with Gasteiger partial charge < -0.3 is 40.7 Å². The first-order valence-electron chi connectivity index (χ1n) is 13.0. The highest BCUT2D eigenvalue weighted by molar-refractivity contribution is 7.99. The molecule has 0 radical (unpaired) electrons. The van der Waals surface area contributed by atoms with Gasteiger partial charge in [-0.25, -0.2) is 0 Å². The van der Waals surface area contributed by atoms with E-state index in [0.717, 1.165) is 11.1 Å². The number of H-pyrrole nitrogens is 1. The number of thioether (sulfide) groups is 1. The Morgan fingerprint density at radius 1 is 1.00 bits per heavy atom. The number of fused-ring (bicyclic) bond motifs is 1. The van der Waals surface area contributed by atoms with Crippen LogP contribution in [0.1, 0.15) is 32.8 Å². The second kappa shape index (κ2) is 24.0. The average molecular weight is 555 g/mol. The maximum Gasteiger partial charge on any atom is 0.220 e. The maximum absolute atomic E-state index is 12.0. The van der Waals surface area contributed by atoms with Crippen molar-refractivity contribution in [3.8, 4) is 0 Å². The van der Waals surface area contributed by atoms with Crippen molar-refractivity contribution in [3.05, 3.63) is 48.8 Å². The largest absolute Gasteiger partial charge is 0.405 e. The zero-order valence-corrected chi connectivity index (χ0v) is 24.6. The molecule has 10 heteroatoms. The third kappa shape index (κ3) is 20.9. The molecule has 38 heavy (non-hydrogen) atoms. The normalized spacial score (nSPS) is 10.8. The van der Waals surface area contributed by atoms with Gasteiger partial charge in [-0.05, 0) is 30.5 Å². The van der Waals surface area contributed by atoms with Crippen LogP contribution in [0.4, 0.5) is 0 Å². The molecule has 0 spiro atoms. The van der Waals surface area contributed by atoms with Gasteiger partial charge in [0.1, 0.15) is 0 Å². The van der Waals surface area contributed by atoms with E-state index in [1.807, 2.05) is 36.2 Å². The van der Waals surface area contributed by atoms with Crippen LogP contribution in [0.3, 0.4) is 0 Å². The molecule has 0 aliphatic carbocycles. The number of aryl methyl sites for hydroxylation is 1. The average Bonchev–Trinajstić information content (AvgIpc) is 3.31. The summed E-state index contributed by atoms with van der Waals surface area (Å²) in [6, 6.07) is 8.11. The van der Waals surface area contributed by atoms with E-state index in [2.05, 4.69) is 55.7 Å². The van der Waals surface area contributed by atoms with Gasteiger partial charge in [0, 0.05) is 41.4 Å². The highest BCUT2D eigenvalue weighted by Gasteiger charge is 2.06. The smallest absolute Gasteiger partial charge is 0.220 e. The molecule has 2 aromatic rings. The molecule has 0 aliphatic rings. The summed E-state index contributed by atoms with van der Waals surface area (Å²) in [5, 5.41) is 4.05. The van der Waals surface area contributed by atoms with Crippen molar-refractivity contribution < 1.29 is 23.7 Å². The molecule has 9 nitrogen and oxygen atoms in total. The second-order valence-electron chi connectivity index (χ2n) is 9.00. The minimum Gasteiger partial charge on any atom is -0.405 e. The summed E-state index contributed by atoms with van der Waals surface area (Å²) < 4.78 is 21.8. The number of para-hydroxylation sites is 1. The number of ether oxygens (including phenoxy) is 4. The third-order valence-corrected chi connectivity index (χ3v) is 6.08. The molecule has 0 saturated carbocycles. The Morgan fingerprint density at radius 3 is 2.03 bits per heavy atom. The summed E-state index contributed by atoms with van der Waals surface area (Å²) in [5.74, 6) is 0.0303. The van der Waals surface area contributed by atoms with Crippen LogP contribution in [0.5, 0.6) is 0 Å². The summed E-state index contributed by atoms with van der Waals surface area (Å²) in [6.07, 6.45) is 6.52. The van der Waals surface area contributed by atoms with E-state index in [4.69, 9.17) is 24.7 Å². The van der Waals surface area contributed by atoms with Crippen LogP contribution < -0.4 is 16.8 Å². The molecular formula is C28H50N4O5S. The van der Waals surface area contributed by atoms with Crippen molar-refractivity contribution in [1.82, 2.24) is 10.3 Å². The van der Waals surface area contributed by atoms with E-state index < -0.39 is 0 Å². The van der Waals surface area contributed by atoms with Gasteiger partial charge in [0.2, 0.25) is 5.91 Å². The van der Waals surface area contributed by atoms with E-state index in [0.29, 0.717) is 83.5 Å². The molecule has 0 fully saturated rings. The minimum atomic E-state index is 0.0303. The molecule has 2 rings (SSSR count). The molecule has 1 amide bonds. The number of carbonyl (C=O) groups excluding carboxylic acids is 1. The fourth-order valence-electron chi connectivity index (χ4n) is 2.78. The van der Waals surface area contributed by atoms with Crippen LogP contribution >= 0.6 is 11.8 Å². The first kappa shape index (κ1) is 35.9. The Kier molecular flexibility index (Phi) is 22.7. The van der Waals surface area contributed by atoms with Crippen molar-refractivity contribution in [2.24, 2.45) is 11.5 Å². The van der Waals surface area contributed by atoms with Crippen molar-refractivity contribution >= 4 is 28.6 Å². The van der Waals surface area contributed by atoms with Crippen LogP contribution in [-0.2, 0) is 30.2 Å². The van der Waals surface area contributed by atoms with Gasteiger partial charge in [-0.15, -0.1) is 0 Å². The molecule has 1 aromatic carbocycles. The van der Waals surface area contributed by atoms with Crippen molar-refractivity contribution in [2.75, 3.05) is 72.2 Å². The Bertz CT molecular complexity index is 842. The fraction of sp³-hybridized carbons (Fsp3) is 0.607. The second-order valence-corrected chi connectivity index (χ2v) is 10.6. The molecular weight excluding hydrogens is 504 g/mol. The van der Waals surface area contributed by atoms with Crippen LogP contribution in [-0.4, -0.2) is 87.8 Å². The SMILES string of the molecule is C=CN.CSC(C)(C)C.NCCOCCOCCOCCOCCNC(=O)CCc1c[nH]c2ccccc12. The fourth-order valence-corrected chi connectivity index (χ4v) is 2.78. The highest BCUT2D eigenvalue weighted by atomic mass is 32.2. The number of benzene rings is 1. The highest BCUT2D eigenvalue weighted by Crippen LogP contribution is 2.19. The summed E-state index contributed by atoms with van der Waals surface area (Å²) >= 11 is 1.88. The lowest BCUT2D eigenvalue weighted by molar-refractivity contribution is -0.121. The molecule has 0 unspecified atom stereocenters. The van der Waals surface area contributed by atoms with Gasteiger partial charge in [-0.1, -0.05) is 45.5 Å². The molecule has 218 valence electrons. The van der Waals surface area contributed by atoms with Gasteiger partial charge >= 0.3 is 0 Å². The molecule has 0 bridgehead atoms. The van der Waals surface area contributed by atoms with E-state index in [1.54, 1.807) is 0 Å². The van der Waals surface area contributed by atoms with E-state index in [1.165, 1.54) is 11.6 Å². The van der Waals surface area contributed by atoms with Gasteiger partial charge in [-0.2, -0.15) is 11.8 Å². The van der Waals surface area contributed by atoms with Crippen molar-refractivity contribution in [2.45, 2.75) is 38.4 Å². The van der Waals surface area contributed by atoms with Crippen LogP contribution in [0, 0.1) is 0 Å². The number of carbonyl (C=O) groups is 1. The standard InChI is InChI=1S/C21H33N3O5.C5H12S.C2H5N/c22-7-9-26-11-13-28-15-16-29-14-12-27-10-8-23-21(25)6-5-18-17-24-20-4-2-1-3-19(18)20;1-5(2,3)6-4;1-2-3/h1-4,17,24H,5-16,22H2,(H,23,25);1-4H3;2H,1,3H2. The van der Waals surface area contributed by atoms with Crippen molar-refractivity contribution in [1.29, 1.82) is 0 Å². The number of nitrogens with one attached hydrogen (secondary N) is 2. The van der Waals surface area contributed by atoms with Gasteiger partial charge in [0.05, 0.1) is 52.9 Å². The first-order valence-corrected chi connectivity index (χ1v) is 14.2. The molecule has 1 heterocycles. The van der Waals surface area contributed by atoms with E-state index >= 15 is 0 Å². The van der Waals surface area contributed by atoms with Gasteiger partial charge in [0.15, 0.2) is 0 Å². The molecule has 1 aromatic heterocycles. The van der Waals surface area contributed by atoms with Crippen LogP contribution in [0.15, 0.2) is 43.2 Å². The number of aromatic nitrogens is 1. The predicted molar refractivity (Wildman–Crippen MR) is 160 cm³/mol. The van der Waals surface area contributed by atoms with Gasteiger partial charge in [-0.3, -0.25) is 4.79 Å². The summed E-state index contributed by atoms with van der Waals surface area (Å²) in [6.45, 7) is 14.9.